The number of nitrogens with zero attached hydrogens (tertiary/aromatic N) is 1. The van der Waals surface area contributed by atoms with Crippen LogP contribution in [0.2, 0.25) is 0 Å². The molecule has 1 heterocycles. The maximum atomic E-state index is 13.5. The van der Waals surface area contributed by atoms with Gasteiger partial charge in [0.05, 0.1) is 11.6 Å². The summed E-state index contributed by atoms with van der Waals surface area (Å²) in [6, 6.07) is 19.5. The van der Waals surface area contributed by atoms with E-state index in [4.69, 9.17) is 0 Å². The SMILES string of the molecule is CC(=O)C(CC(=O)c1c(O)c2ccccc2n(-c2ccccc2)c1=O)Nc1ccc(O)c(C)c1. The Morgan fingerprint density at radius 2 is 1.65 bits per heavy atom. The summed E-state index contributed by atoms with van der Waals surface area (Å²) in [5.41, 5.74) is 1.16. The van der Waals surface area contributed by atoms with Gasteiger partial charge >= 0.3 is 0 Å². The number of carbonyl (C=O) groups is 2. The molecule has 0 aliphatic heterocycles. The number of benzene rings is 3. The molecule has 172 valence electrons. The van der Waals surface area contributed by atoms with Crippen LogP contribution in [-0.2, 0) is 4.79 Å². The molecule has 4 aromatic rings. The third-order valence-corrected chi connectivity index (χ3v) is 5.76. The van der Waals surface area contributed by atoms with Crippen LogP contribution in [0.15, 0.2) is 77.6 Å². The maximum absolute atomic E-state index is 13.5. The number of hydrogen-bond acceptors (Lipinski definition) is 6. The number of ketones is 2. The summed E-state index contributed by atoms with van der Waals surface area (Å²) in [5.74, 6) is -1.24. The molecule has 1 unspecified atom stereocenters. The first-order valence-corrected chi connectivity index (χ1v) is 10.8. The molecular formula is C27H24N2O5. The number of Topliss-reactive ketones (excluding diaryl/α,β-unsaturated/α-hetero) is 2. The second kappa shape index (κ2) is 9.23. The van der Waals surface area contributed by atoms with Crippen molar-refractivity contribution in [2.24, 2.45) is 0 Å². The summed E-state index contributed by atoms with van der Waals surface area (Å²) in [4.78, 5) is 39.1. The zero-order chi connectivity index (χ0) is 24.4. The Bertz CT molecular complexity index is 1460. The fraction of sp³-hybridized carbons (Fsp3) is 0.148. The van der Waals surface area contributed by atoms with Crippen LogP contribution in [0.4, 0.5) is 5.69 Å². The predicted molar refractivity (Wildman–Crippen MR) is 131 cm³/mol. The molecule has 1 aromatic heterocycles. The number of fused-ring (bicyclic) bond motifs is 1. The topological polar surface area (TPSA) is 109 Å². The number of aromatic hydroxyl groups is 2. The van der Waals surface area contributed by atoms with Crippen molar-refractivity contribution in [3.8, 4) is 17.2 Å². The quantitative estimate of drug-likeness (QED) is 0.282. The molecule has 0 saturated carbocycles. The average Bonchev–Trinajstić information content (AvgIpc) is 2.82. The Morgan fingerprint density at radius 1 is 0.971 bits per heavy atom. The van der Waals surface area contributed by atoms with E-state index >= 15 is 0 Å². The number of aryl methyl sites for hydroxylation is 1. The standard InChI is InChI=1S/C27H24N2O5/c1-16-14-18(12-13-23(16)31)28-21(17(2)30)15-24(32)25-26(33)20-10-6-7-11-22(20)29(27(25)34)19-8-4-3-5-9-19/h3-14,21,28,31,33H,15H2,1-2H3. The molecule has 34 heavy (non-hydrogen) atoms. The number of nitrogens with one attached hydrogen (secondary N) is 1. The monoisotopic (exact) mass is 456 g/mol. The fourth-order valence-electron chi connectivity index (χ4n) is 3.94. The lowest BCUT2D eigenvalue weighted by molar-refractivity contribution is -0.117. The number of pyridine rings is 1. The Labute approximate surface area is 195 Å². The minimum atomic E-state index is -0.924. The molecule has 4 rings (SSSR count). The van der Waals surface area contributed by atoms with Crippen molar-refractivity contribution < 1.29 is 19.8 Å². The van der Waals surface area contributed by atoms with E-state index in [0.29, 0.717) is 27.8 Å². The number of rotatable bonds is 7. The summed E-state index contributed by atoms with van der Waals surface area (Å²) < 4.78 is 1.39. The highest BCUT2D eigenvalue weighted by Gasteiger charge is 2.27. The van der Waals surface area contributed by atoms with E-state index in [9.17, 15) is 24.6 Å². The normalized spacial score (nSPS) is 11.8. The molecule has 1 atom stereocenters. The van der Waals surface area contributed by atoms with Crippen molar-refractivity contribution in [2.45, 2.75) is 26.3 Å². The largest absolute Gasteiger partial charge is 0.508 e. The van der Waals surface area contributed by atoms with Gasteiger partial charge in [0.25, 0.3) is 5.56 Å². The van der Waals surface area contributed by atoms with Crippen molar-refractivity contribution in [1.82, 2.24) is 4.57 Å². The van der Waals surface area contributed by atoms with E-state index in [-0.39, 0.29) is 23.5 Å². The molecule has 0 amide bonds. The Hall–Kier alpha value is -4.39. The van der Waals surface area contributed by atoms with Crippen molar-refractivity contribution >= 4 is 28.2 Å². The van der Waals surface area contributed by atoms with Gasteiger partial charge < -0.3 is 15.5 Å². The second-order valence-electron chi connectivity index (χ2n) is 8.15. The Kier molecular flexibility index (Phi) is 6.19. The van der Waals surface area contributed by atoms with E-state index in [0.717, 1.165) is 0 Å². The number of para-hydroxylation sites is 2. The van der Waals surface area contributed by atoms with Crippen LogP contribution in [0.3, 0.4) is 0 Å². The predicted octanol–water partition coefficient (Wildman–Crippen LogP) is 4.35. The summed E-state index contributed by atoms with van der Waals surface area (Å²) in [5, 5.41) is 24.0. The summed E-state index contributed by atoms with van der Waals surface area (Å²) in [7, 11) is 0. The highest BCUT2D eigenvalue weighted by atomic mass is 16.3. The van der Waals surface area contributed by atoms with Crippen LogP contribution in [0, 0.1) is 6.92 Å². The van der Waals surface area contributed by atoms with Gasteiger partial charge in [0.1, 0.15) is 17.1 Å². The first-order chi connectivity index (χ1) is 16.3. The van der Waals surface area contributed by atoms with Gasteiger partial charge in [0.15, 0.2) is 11.6 Å². The lowest BCUT2D eigenvalue weighted by Gasteiger charge is -2.19. The highest BCUT2D eigenvalue weighted by Crippen LogP contribution is 2.29. The van der Waals surface area contributed by atoms with E-state index in [1.807, 2.05) is 6.07 Å². The number of phenolic OH excluding ortho intramolecular Hbond substituents is 1. The van der Waals surface area contributed by atoms with Crippen molar-refractivity contribution in [1.29, 1.82) is 0 Å². The van der Waals surface area contributed by atoms with Crippen molar-refractivity contribution in [3.63, 3.8) is 0 Å². The fourth-order valence-corrected chi connectivity index (χ4v) is 3.94. The van der Waals surface area contributed by atoms with Crippen LogP contribution in [0.25, 0.3) is 16.6 Å². The molecule has 3 aromatic carbocycles. The Morgan fingerprint density at radius 3 is 2.32 bits per heavy atom. The molecule has 0 fully saturated rings. The molecule has 0 spiro atoms. The number of anilines is 1. The van der Waals surface area contributed by atoms with Crippen molar-refractivity contribution in [2.75, 3.05) is 5.32 Å². The van der Waals surface area contributed by atoms with Gasteiger partial charge in [0.2, 0.25) is 0 Å². The van der Waals surface area contributed by atoms with E-state index in [1.165, 1.54) is 17.6 Å². The smallest absolute Gasteiger partial charge is 0.270 e. The van der Waals surface area contributed by atoms with Gasteiger partial charge in [-0.2, -0.15) is 0 Å². The molecule has 0 bridgehead atoms. The second-order valence-corrected chi connectivity index (χ2v) is 8.15. The van der Waals surface area contributed by atoms with Crippen LogP contribution in [0.1, 0.15) is 29.3 Å². The van der Waals surface area contributed by atoms with E-state index in [2.05, 4.69) is 5.32 Å². The molecular weight excluding hydrogens is 432 g/mol. The van der Waals surface area contributed by atoms with Gasteiger partial charge in [-0.05, 0) is 61.9 Å². The molecule has 7 heteroatoms. The van der Waals surface area contributed by atoms with Crippen molar-refractivity contribution in [3.05, 3.63) is 94.3 Å². The maximum Gasteiger partial charge on any atom is 0.270 e. The minimum absolute atomic E-state index is 0.114. The van der Waals surface area contributed by atoms with Crippen LogP contribution in [0.5, 0.6) is 11.5 Å². The lowest BCUT2D eigenvalue weighted by atomic mass is 9.99. The third kappa shape index (κ3) is 4.28. The molecule has 7 nitrogen and oxygen atoms in total. The lowest BCUT2D eigenvalue weighted by Crippen LogP contribution is -2.33. The van der Waals surface area contributed by atoms with Crippen LogP contribution < -0.4 is 10.9 Å². The summed E-state index contributed by atoms with van der Waals surface area (Å²) in [6.45, 7) is 3.06. The van der Waals surface area contributed by atoms with Crippen LogP contribution >= 0.6 is 0 Å². The first-order valence-electron chi connectivity index (χ1n) is 10.8. The first kappa shape index (κ1) is 22.8. The van der Waals surface area contributed by atoms with Gasteiger partial charge in [-0.25, -0.2) is 0 Å². The summed E-state index contributed by atoms with van der Waals surface area (Å²) in [6.07, 6.45) is -0.328. The molecule has 0 radical (unpaired) electrons. The number of phenols is 1. The zero-order valence-corrected chi connectivity index (χ0v) is 18.8. The number of aromatic nitrogens is 1. The number of hydrogen-bond donors (Lipinski definition) is 3. The minimum Gasteiger partial charge on any atom is -0.508 e. The zero-order valence-electron chi connectivity index (χ0n) is 18.8. The van der Waals surface area contributed by atoms with E-state index in [1.54, 1.807) is 67.6 Å². The van der Waals surface area contributed by atoms with Crippen LogP contribution in [-0.4, -0.2) is 32.4 Å². The molecule has 3 N–H and O–H groups in total. The third-order valence-electron chi connectivity index (χ3n) is 5.76. The molecule has 0 aliphatic carbocycles. The average molecular weight is 456 g/mol. The Balaban J connectivity index is 1.78. The van der Waals surface area contributed by atoms with Gasteiger partial charge in [-0.3, -0.25) is 19.0 Å². The molecule has 0 saturated heterocycles. The van der Waals surface area contributed by atoms with Gasteiger partial charge in [-0.1, -0.05) is 30.3 Å². The number of carbonyl (C=O) groups excluding carboxylic acids is 2. The highest BCUT2D eigenvalue weighted by molar-refractivity contribution is 6.06. The van der Waals surface area contributed by atoms with Gasteiger partial charge in [-0.15, -0.1) is 0 Å². The summed E-state index contributed by atoms with van der Waals surface area (Å²) >= 11 is 0. The molecule has 0 aliphatic rings. The van der Waals surface area contributed by atoms with Gasteiger partial charge in [0, 0.05) is 23.2 Å². The van der Waals surface area contributed by atoms with E-state index < -0.39 is 23.1 Å².